The van der Waals surface area contributed by atoms with E-state index < -0.39 is 17.9 Å². The lowest BCUT2D eigenvalue weighted by Crippen LogP contribution is -2.42. The minimum Gasteiger partial charge on any atom is -0.440 e. The summed E-state index contributed by atoms with van der Waals surface area (Å²) in [6.07, 6.45) is 8.58. The van der Waals surface area contributed by atoms with E-state index in [1.165, 1.54) is 18.2 Å². The lowest BCUT2D eigenvalue weighted by Gasteiger charge is -2.30. The predicted octanol–water partition coefficient (Wildman–Crippen LogP) is 5.89. The zero-order valence-corrected chi connectivity index (χ0v) is 25.5. The SMILES string of the molecule is C=C(O/C(CNC1N=C(c2ccccc2)c2cccc(F)c2NC1=O)=N\C)C1=C(c2cnc(CC)nc2)CCC(C2CCC2)=N1. The number of aliphatic imine (C=N–C) groups is 3. The molecule has 3 heterocycles. The molecule has 2 aromatic carbocycles. The number of carbonyl (C=O) groups excluding carboxylic acids is 1. The van der Waals surface area contributed by atoms with Crippen molar-refractivity contribution < 1.29 is 13.9 Å². The average molecular weight is 606 g/mol. The largest absolute Gasteiger partial charge is 0.440 e. The van der Waals surface area contributed by atoms with Crippen LogP contribution in [0.4, 0.5) is 10.1 Å². The van der Waals surface area contributed by atoms with E-state index in [4.69, 9.17) is 14.7 Å². The van der Waals surface area contributed by atoms with Crippen molar-refractivity contribution in [2.45, 2.75) is 51.6 Å². The summed E-state index contributed by atoms with van der Waals surface area (Å²) in [6, 6.07) is 14.0. The molecular weight excluding hydrogens is 569 g/mol. The molecule has 6 rings (SSSR count). The number of benzene rings is 2. The van der Waals surface area contributed by atoms with Crippen LogP contribution < -0.4 is 10.6 Å². The molecule has 1 unspecified atom stereocenters. The Kier molecular flexibility index (Phi) is 9.02. The molecule has 0 bridgehead atoms. The number of anilines is 1. The Labute approximate surface area is 262 Å². The number of aryl methyl sites for hydroxylation is 1. The molecule has 2 N–H and O–H groups in total. The third-order valence-electron chi connectivity index (χ3n) is 8.39. The number of hydrogen-bond acceptors (Lipinski definition) is 8. The Hall–Kier alpha value is -4.83. The van der Waals surface area contributed by atoms with Gasteiger partial charge in [-0.05, 0) is 43.2 Å². The number of benzodiazepines with no additional fused rings is 1. The van der Waals surface area contributed by atoms with Crippen LogP contribution in [0.5, 0.6) is 0 Å². The molecule has 0 radical (unpaired) electrons. The lowest BCUT2D eigenvalue weighted by molar-refractivity contribution is -0.117. The highest BCUT2D eigenvalue weighted by Crippen LogP contribution is 2.38. The monoisotopic (exact) mass is 605 g/mol. The summed E-state index contributed by atoms with van der Waals surface area (Å²) in [5.41, 5.74) is 5.56. The minimum atomic E-state index is -1.04. The van der Waals surface area contributed by atoms with Crippen LogP contribution in [0, 0.1) is 11.7 Å². The van der Waals surface area contributed by atoms with Crippen LogP contribution in [0.3, 0.4) is 0 Å². The van der Waals surface area contributed by atoms with Gasteiger partial charge in [0.1, 0.15) is 23.1 Å². The average Bonchev–Trinajstić information content (AvgIpc) is 3.19. The van der Waals surface area contributed by atoms with E-state index in [0.29, 0.717) is 34.5 Å². The van der Waals surface area contributed by atoms with E-state index in [1.807, 2.05) is 49.6 Å². The highest BCUT2D eigenvalue weighted by molar-refractivity contribution is 6.19. The number of nitrogens with one attached hydrogen (secondary N) is 2. The van der Waals surface area contributed by atoms with Crippen molar-refractivity contribution in [2.75, 3.05) is 18.9 Å². The number of aromatic nitrogens is 2. The lowest BCUT2D eigenvalue weighted by atomic mass is 9.78. The summed E-state index contributed by atoms with van der Waals surface area (Å²) >= 11 is 0. The summed E-state index contributed by atoms with van der Waals surface area (Å²) in [4.78, 5) is 36.4. The first-order chi connectivity index (χ1) is 21.9. The first-order valence-corrected chi connectivity index (χ1v) is 15.4. The molecule has 0 spiro atoms. The van der Waals surface area contributed by atoms with E-state index >= 15 is 0 Å². The van der Waals surface area contributed by atoms with Gasteiger partial charge in [-0.25, -0.2) is 14.4 Å². The number of fused-ring (bicyclic) bond motifs is 1. The van der Waals surface area contributed by atoms with Crippen LogP contribution in [0.2, 0.25) is 0 Å². The fraction of sp³-hybridized carbons (Fsp3) is 0.314. The highest BCUT2D eigenvalue weighted by Gasteiger charge is 2.30. The minimum absolute atomic E-state index is 0.0636. The molecule has 9 nitrogen and oxygen atoms in total. The van der Waals surface area contributed by atoms with Crippen molar-refractivity contribution in [3.8, 4) is 0 Å². The molecule has 230 valence electrons. The number of ether oxygens (including phenoxy) is 1. The molecule has 45 heavy (non-hydrogen) atoms. The highest BCUT2D eigenvalue weighted by atomic mass is 19.1. The molecule has 1 fully saturated rings. The molecule has 2 aliphatic heterocycles. The van der Waals surface area contributed by atoms with Crippen LogP contribution in [-0.4, -0.2) is 53.0 Å². The van der Waals surface area contributed by atoms with Gasteiger partial charge in [-0.1, -0.05) is 62.4 Å². The maximum atomic E-state index is 14.9. The molecule has 1 aromatic heterocycles. The fourth-order valence-corrected chi connectivity index (χ4v) is 5.68. The Bertz CT molecular complexity index is 1720. The zero-order chi connectivity index (χ0) is 31.3. The molecule has 3 aromatic rings. The summed E-state index contributed by atoms with van der Waals surface area (Å²) in [6.45, 7) is 6.33. The van der Waals surface area contributed by atoms with Gasteiger partial charge in [-0.3, -0.25) is 25.1 Å². The molecule has 1 atom stereocenters. The maximum Gasteiger partial charge on any atom is 0.264 e. The van der Waals surface area contributed by atoms with Crippen LogP contribution in [0.1, 0.15) is 61.5 Å². The molecule has 10 heteroatoms. The summed E-state index contributed by atoms with van der Waals surface area (Å²) < 4.78 is 21.1. The molecule has 1 amide bonds. The van der Waals surface area contributed by atoms with Gasteiger partial charge in [0.25, 0.3) is 5.91 Å². The summed E-state index contributed by atoms with van der Waals surface area (Å²) in [5.74, 6) is 0.902. The molecule has 1 saturated carbocycles. The van der Waals surface area contributed by atoms with Gasteiger partial charge in [0.15, 0.2) is 6.17 Å². The molecule has 1 aliphatic carbocycles. The second-order valence-corrected chi connectivity index (χ2v) is 11.2. The Morgan fingerprint density at radius 3 is 2.56 bits per heavy atom. The summed E-state index contributed by atoms with van der Waals surface area (Å²) in [5, 5.41) is 5.84. The van der Waals surface area contributed by atoms with E-state index in [2.05, 4.69) is 32.2 Å². The molecule has 3 aliphatic rings. The van der Waals surface area contributed by atoms with Crippen LogP contribution in [-0.2, 0) is 16.0 Å². The second-order valence-electron chi connectivity index (χ2n) is 11.2. The Morgan fingerprint density at radius 1 is 1.09 bits per heavy atom. The first-order valence-electron chi connectivity index (χ1n) is 15.4. The van der Waals surface area contributed by atoms with Crippen molar-refractivity contribution in [3.63, 3.8) is 0 Å². The van der Waals surface area contributed by atoms with Crippen LogP contribution in [0.15, 0.2) is 93.9 Å². The number of para-hydroxylation sites is 1. The number of amides is 1. The van der Waals surface area contributed by atoms with E-state index in [1.54, 1.807) is 19.2 Å². The van der Waals surface area contributed by atoms with Gasteiger partial charge in [-0.15, -0.1) is 0 Å². The number of nitrogens with zero attached hydrogens (tertiary/aromatic N) is 5. The van der Waals surface area contributed by atoms with Crippen molar-refractivity contribution in [1.82, 2.24) is 15.3 Å². The van der Waals surface area contributed by atoms with Gasteiger partial charge in [0, 0.05) is 48.3 Å². The summed E-state index contributed by atoms with van der Waals surface area (Å²) in [7, 11) is 1.61. The van der Waals surface area contributed by atoms with Crippen LogP contribution >= 0.6 is 0 Å². The van der Waals surface area contributed by atoms with Crippen molar-refractivity contribution in [2.24, 2.45) is 20.9 Å². The number of hydrogen-bond donors (Lipinski definition) is 2. The normalized spacial score (nSPS) is 18.7. The standard InChI is InChI=1S/C35H36FN7O2/c1-4-29-38-18-24(19-39-29)25-16-17-28(22-12-8-13-22)41-31(25)21(2)45-30(37-3)20-40-34-35(44)43-33-26(14-9-15-27(33)36)32(42-34)23-10-6-5-7-11-23/h5-7,9-11,14-15,18-19,22,34,40H,2,4,8,12-13,16-17,20H2,1,3H3,(H,43,44)/b37-30-. The van der Waals surface area contributed by atoms with Gasteiger partial charge in [0.2, 0.25) is 5.90 Å². The van der Waals surface area contributed by atoms with Crippen molar-refractivity contribution >= 4 is 34.5 Å². The third-order valence-corrected chi connectivity index (χ3v) is 8.39. The topological polar surface area (TPSA) is 113 Å². The molecule has 0 saturated heterocycles. The number of rotatable bonds is 9. The van der Waals surface area contributed by atoms with Gasteiger partial charge in [0.05, 0.1) is 17.9 Å². The quantitative estimate of drug-likeness (QED) is 0.180. The van der Waals surface area contributed by atoms with Gasteiger partial charge >= 0.3 is 0 Å². The number of halogens is 1. The smallest absolute Gasteiger partial charge is 0.264 e. The zero-order valence-electron chi connectivity index (χ0n) is 25.5. The second kappa shape index (κ2) is 13.4. The Morgan fingerprint density at radius 2 is 1.87 bits per heavy atom. The fourth-order valence-electron chi connectivity index (χ4n) is 5.68. The van der Waals surface area contributed by atoms with E-state index in [0.717, 1.165) is 54.6 Å². The first kappa shape index (κ1) is 30.2. The van der Waals surface area contributed by atoms with Gasteiger partial charge in [-0.2, -0.15) is 0 Å². The predicted molar refractivity (Wildman–Crippen MR) is 175 cm³/mol. The van der Waals surface area contributed by atoms with Crippen LogP contribution in [0.25, 0.3) is 5.57 Å². The van der Waals surface area contributed by atoms with Crippen molar-refractivity contribution in [1.29, 1.82) is 0 Å². The van der Waals surface area contributed by atoms with E-state index in [9.17, 15) is 9.18 Å². The molecular formula is C35H36FN7O2. The Balaban J connectivity index is 1.24. The van der Waals surface area contributed by atoms with Crippen molar-refractivity contribution in [3.05, 3.63) is 107 Å². The number of allylic oxidation sites excluding steroid dienone is 1. The van der Waals surface area contributed by atoms with E-state index in [-0.39, 0.29) is 12.2 Å². The van der Waals surface area contributed by atoms with Gasteiger partial charge < -0.3 is 10.1 Å². The maximum absolute atomic E-state index is 14.9. The number of carbonyl (C=O) groups is 1. The third kappa shape index (κ3) is 6.51.